The summed E-state index contributed by atoms with van der Waals surface area (Å²) >= 11 is 0. The molecular formula is C15H15NO5. The lowest BCUT2D eigenvalue weighted by molar-refractivity contribution is -0.114. The fraction of sp³-hybridized carbons (Fsp3) is 0.200. The van der Waals surface area contributed by atoms with Crippen molar-refractivity contribution in [2.45, 2.75) is 20.5 Å². The van der Waals surface area contributed by atoms with Crippen molar-refractivity contribution in [1.82, 2.24) is 0 Å². The molecule has 0 aliphatic heterocycles. The minimum absolute atomic E-state index is 0.113. The molecule has 0 atom stereocenters. The standard InChI is InChI=1S/C15H15NO5/c1-9-11(6-14(21-9)15(18)19)8-20-13-5-3-4-12(7-13)16-10(2)17/h3-7H,8H2,1-2H3,(H,16,17)(H,18,19). The van der Waals surface area contributed by atoms with E-state index in [4.69, 9.17) is 14.3 Å². The molecule has 1 heterocycles. The molecule has 0 spiro atoms. The maximum absolute atomic E-state index is 11.0. The summed E-state index contributed by atoms with van der Waals surface area (Å²) in [6.07, 6.45) is 0. The van der Waals surface area contributed by atoms with Crippen molar-refractivity contribution >= 4 is 17.6 Å². The lowest BCUT2D eigenvalue weighted by Gasteiger charge is -2.07. The van der Waals surface area contributed by atoms with Crippen molar-refractivity contribution in [3.05, 3.63) is 47.4 Å². The Morgan fingerprint density at radius 1 is 1.33 bits per heavy atom. The second kappa shape index (κ2) is 6.13. The van der Waals surface area contributed by atoms with E-state index in [1.165, 1.54) is 13.0 Å². The molecule has 6 nitrogen and oxygen atoms in total. The third kappa shape index (κ3) is 3.85. The van der Waals surface area contributed by atoms with Gasteiger partial charge in [0.1, 0.15) is 18.1 Å². The van der Waals surface area contributed by atoms with Crippen LogP contribution in [-0.2, 0) is 11.4 Å². The maximum atomic E-state index is 11.0. The van der Waals surface area contributed by atoms with E-state index < -0.39 is 5.97 Å². The molecule has 6 heteroatoms. The SMILES string of the molecule is CC(=O)Nc1cccc(OCc2cc(C(=O)O)oc2C)c1. The number of carbonyl (C=O) groups excluding carboxylic acids is 1. The first-order valence-electron chi connectivity index (χ1n) is 6.29. The summed E-state index contributed by atoms with van der Waals surface area (Å²) in [6, 6.07) is 8.38. The lowest BCUT2D eigenvalue weighted by atomic mass is 10.2. The van der Waals surface area contributed by atoms with Crippen LogP contribution in [0.2, 0.25) is 0 Å². The molecule has 0 saturated heterocycles. The zero-order valence-electron chi connectivity index (χ0n) is 11.7. The van der Waals surface area contributed by atoms with Gasteiger partial charge in [-0.05, 0) is 25.1 Å². The van der Waals surface area contributed by atoms with Crippen LogP contribution in [0.25, 0.3) is 0 Å². The molecule has 2 aromatic rings. The predicted molar refractivity (Wildman–Crippen MR) is 75.5 cm³/mol. The zero-order chi connectivity index (χ0) is 15.4. The van der Waals surface area contributed by atoms with Gasteiger partial charge in [0.25, 0.3) is 0 Å². The Balaban J connectivity index is 2.06. The van der Waals surface area contributed by atoms with Gasteiger partial charge in [-0.25, -0.2) is 4.79 Å². The molecular weight excluding hydrogens is 274 g/mol. The van der Waals surface area contributed by atoms with E-state index in [2.05, 4.69) is 5.32 Å². The number of anilines is 1. The second-order valence-corrected chi connectivity index (χ2v) is 4.49. The molecule has 0 fully saturated rings. The maximum Gasteiger partial charge on any atom is 0.371 e. The highest BCUT2D eigenvalue weighted by molar-refractivity contribution is 5.88. The monoisotopic (exact) mass is 289 g/mol. The summed E-state index contributed by atoms with van der Waals surface area (Å²) in [6.45, 7) is 3.29. The van der Waals surface area contributed by atoms with E-state index in [-0.39, 0.29) is 18.3 Å². The molecule has 1 amide bonds. The number of carboxylic acids is 1. The van der Waals surface area contributed by atoms with Crippen molar-refractivity contribution < 1.29 is 23.8 Å². The number of rotatable bonds is 5. The van der Waals surface area contributed by atoms with Gasteiger partial charge in [-0.2, -0.15) is 0 Å². The highest BCUT2D eigenvalue weighted by Gasteiger charge is 2.13. The van der Waals surface area contributed by atoms with Gasteiger partial charge in [-0.1, -0.05) is 6.07 Å². The third-order valence-electron chi connectivity index (χ3n) is 2.78. The van der Waals surface area contributed by atoms with E-state index >= 15 is 0 Å². The van der Waals surface area contributed by atoms with Crippen LogP contribution < -0.4 is 10.1 Å². The van der Waals surface area contributed by atoms with Crippen LogP contribution in [0.1, 0.15) is 28.8 Å². The summed E-state index contributed by atoms with van der Waals surface area (Å²) < 4.78 is 10.7. The Morgan fingerprint density at radius 2 is 2.10 bits per heavy atom. The highest BCUT2D eigenvalue weighted by atomic mass is 16.5. The van der Waals surface area contributed by atoms with E-state index in [9.17, 15) is 9.59 Å². The number of carboxylic acid groups (broad SMARTS) is 1. The van der Waals surface area contributed by atoms with Gasteiger partial charge in [0, 0.05) is 24.2 Å². The fourth-order valence-electron chi connectivity index (χ4n) is 1.80. The van der Waals surface area contributed by atoms with Gasteiger partial charge < -0.3 is 19.6 Å². The van der Waals surface area contributed by atoms with Crippen molar-refractivity contribution in [2.75, 3.05) is 5.32 Å². The normalized spacial score (nSPS) is 10.2. The second-order valence-electron chi connectivity index (χ2n) is 4.49. The number of ether oxygens (including phenoxy) is 1. The summed E-state index contributed by atoms with van der Waals surface area (Å²) in [4.78, 5) is 21.8. The van der Waals surface area contributed by atoms with Crippen LogP contribution in [0, 0.1) is 6.92 Å². The van der Waals surface area contributed by atoms with Crippen LogP contribution in [0.3, 0.4) is 0 Å². The van der Waals surface area contributed by atoms with Crippen LogP contribution >= 0.6 is 0 Å². The molecule has 0 unspecified atom stereocenters. The Kier molecular flexibility index (Phi) is 4.27. The number of carbonyl (C=O) groups is 2. The van der Waals surface area contributed by atoms with Gasteiger partial charge in [0.05, 0.1) is 0 Å². The smallest absolute Gasteiger partial charge is 0.371 e. The Morgan fingerprint density at radius 3 is 2.71 bits per heavy atom. The van der Waals surface area contributed by atoms with Gasteiger partial charge >= 0.3 is 5.97 Å². The molecule has 0 bridgehead atoms. The van der Waals surface area contributed by atoms with E-state index in [0.717, 1.165) is 0 Å². The topological polar surface area (TPSA) is 88.8 Å². The fourth-order valence-corrected chi connectivity index (χ4v) is 1.80. The lowest BCUT2D eigenvalue weighted by Crippen LogP contribution is -2.05. The summed E-state index contributed by atoms with van der Waals surface area (Å²) in [5.74, 6) is -0.317. The number of furan rings is 1. The van der Waals surface area contributed by atoms with Crippen molar-refractivity contribution in [1.29, 1.82) is 0 Å². The first-order chi connectivity index (χ1) is 9.95. The van der Waals surface area contributed by atoms with E-state index in [1.54, 1.807) is 31.2 Å². The average Bonchev–Trinajstić information content (AvgIpc) is 2.78. The molecule has 0 saturated carbocycles. The summed E-state index contributed by atoms with van der Waals surface area (Å²) in [7, 11) is 0. The Hall–Kier alpha value is -2.76. The zero-order valence-corrected chi connectivity index (χ0v) is 11.7. The number of hydrogen-bond donors (Lipinski definition) is 2. The number of benzene rings is 1. The number of hydrogen-bond acceptors (Lipinski definition) is 4. The highest BCUT2D eigenvalue weighted by Crippen LogP contribution is 2.21. The molecule has 21 heavy (non-hydrogen) atoms. The van der Waals surface area contributed by atoms with Gasteiger partial charge in [0.15, 0.2) is 0 Å². The first-order valence-corrected chi connectivity index (χ1v) is 6.29. The number of nitrogens with one attached hydrogen (secondary N) is 1. The molecule has 1 aromatic carbocycles. The number of amides is 1. The molecule has 2 rings (SSSR count). The first kappa shape index (κ1) is 14.6. The van der Waals surface area contributed by atoms with E-state index in [0.29, 0.717) is 22.8 Å². The van der Waals surface area contributed by atoms with Crippen molar-refractivity contribution in [3.63, 3.8) is 0 Å². The molecule has 0 aliphatic carbocycles. The molecule has 0 radical (unpaired) electrons. The average molecular weight is 289 g/mol. The summed E-state index contributed by atoms with van der Waals surface area (Å²) in [5.41, 5.74) is 1.30. The van der Waals surface area contributed by atoms with Gasteiger partial charge in [-0.3, -0.25) is 4.79 Å². The predicted octanol–water partition coefficient (Wildman–Crippen LogP) is 2.82. The molecule has 2 N–H and O–H groups in total. The van der Waals surface area contributed by atoms with Crippen LogP contribution in [0.4, 0.5) is 5.69 Å². The number of aromatic carboxylic acids is 1. The van der Waals surface area contributed by atoms with Crippen LogP contribution in [0.5, 0.6) is 5.75 Å². The van der Waals surface area contributed by atoms with Gasteiger partial charge in [0.2, 0.25) is 11.7 Å². The Labute approximate surface area is 121 Å². The van der Waals surface area contributed by atoms with Crippen LogP contribution in [-0.4, -0.2) is 17.0 Å². The quantitative estimate of drug-likeness (QED) is 0.883. The number of aryl methyl sites for hydroxylation is 1. The third-order valence-corrected chi connectivity index (χ3v) is 2.78. The molecule has 110 valence electrons. The Bertz CT molecular complexity index is 674. The van der Waals surface area contributed by atoms with Crippen molar-refractivity contribution in [3.8, 4) is 5.75 Å². The van der Waals surface area contributed by atoms with Crippen molar-refractivity contribution in [2.24, 2.45) is 0 Å². The molecule has 0 aliphatic rings. The van der Waals surface area contributed by atoms with E-state index in [1.807, 2.05) is 0 Å². The molecule has 1 aromatic heterocycles. The largest absolute Gasteiger partial charge is 0.489 e. The minimum Gasteiger partial charge on any atom is -0.489 e. The van der Waals surface area contributed by atoms with Gasteiger partial charge in [-0.15, -0.1) is 0 Å². The summed E-state index contributed by atoms with van der Waals surface area (Å²) in [5, 5.41) is 11.5. The minimum atomic E-state index is -1.11. The van der Waals surface area contributed by atoms with Crippen LogP contribution in [0.15, 0.2) is 34.7 Å².